The largest absolute Gasteiger partial charge is 0.416 e. The van der Waals surface area contributed by atoms with Crippen molar-refractivity contribution in [3.8, 4) is 0 Å². The van der Waals surface area contributed by atoms with Gasteiger partial charge in [-0.1, -0.05) is 0 Å². The van der Waals surface area contributed by atoms with Crippen molar-refractivity contribution in [3.63, 3.8) is 0 Å². The van der Waals surface area contributed by atoms with Crippen molar-refractivity contribution < 1.29 is 27.1 Å². The number of carbonyl (C=O) groups excluding carboxylic acids is 1. The lowest BCUT2D eigenvalue weighted by Crippen LogP contribution is -2.47. The topological polar surface area (TPSA) is 64.3 Å². The van der Waals surface area contributed by atoms with Crippen LogP contribution in [0.4, 0.5) is 23.2 Å². The smallest absolute Gasteiger partial charge is 0.379 e. The molecule has 0 spiro atoms. The quantitative estimate of drug-likeness (QED) is 0.823. The van der Waals surface area contributed by atoms with Gasteiger partial charge in [-0.3, -0.25) is 4.79 Å². The molecule has 3 N–H and O–H groups in total. The highest BCUT2D eigenvalue weighted by molar-refractivity contribution is 5.96. The van der Waals surface area contributed by atoms with E-state index in [0.29, 0.717) is 18.2 Å². The predicted molar refractivity (Wildman–Crippen MR) is 66.9 cm³/mol. The maximum absolute atomic E-state index is 13.6. The summed E-state index contributed by atoms with van der Waals surface area (Å²) in [5, 5.41) is 2.16. The summed E-state index contributed by atoms with van der Waals surface area (Å²) in [6, 6.07) is 1.22. The van der Waals surface area contributed by atoms with Gasteiger partial charge in [0.2, 0.25) is 5.91 Å². The van der Waals surface area contributed by atoms with Crippen molar-refractivity contribution in [3.05, 3.63) is 29.6 Å². The Bertz CT molecular complexity index is 562. The molecule has 1 aromatic rings. The van der Waals surface area contributed by atoms with Gasteiger partial charge in [0.05, 0.1) is 29.9 Å². The number of halogens is 4. The van der Waals surface area contributed by atoms with Crippen molar-refractivity contribution in [1.29, 1.82) is 0 Å². The molecule has 21 heavy (non-hydrogen) atoms. The highest BCUT2D eigenvalue weighted by Crippen LogP contribution is 2.33. The van der Waals surface area contributed by atoms with E-state index in [1.807, 2.05) is 0 Å². The molecule has 1 aliphatic heterocycles. The van der Waals surface area contributed by atoms with Crippen molar-refractivity contribution in [2.75, 3.05) is 18.5 Å². The monoisotopic (exact) mass is 306 g/mol. The number of rotatable bonds is 2. The lowest BCUT2D eigenvalue weighted by molar-refractivity contribution is -0.137. The Balaban J connectivity index is 2.25. The maximum Gasteiger partial charge on any atom is 0.416 e. The minimum absolute atomic E-state index is 0.0284. The molecule has 0 aromatic heterocycles. The molecule has 0 radical (unpaired) electrons. The Labute approximate surface area is 118 Å². The first kappa shape index (κ1) is 15.7. The normalized spacial score (nSPS) is 25.9. The van der Waals surface area contributed by atoms with Gasteiger partial charge in [-0.05, 0) is 25.1 Å². The minimum atomic E-state index is -4.62. The van der Waals surface area contributed by atoms with Crippen molar-refractivity contribution in [2.45, 2.75) is 19.1 Å². The molecule has 1 heterocycles. The Morgan fingerprint density at radius 1 is 1.48 bits per heavy atom. The highest BCUT2D eigenvalue weighted by atomic mass is 19.4. The Hall–Kier alpha value is -1.67. The zero-order chi connectivity index (χ0) is 15.8. The van der Waals surface area contributed by atoms with Gasteiger partial charge in [-0.25, -0.2) is 4.39 Å². The number of hydrogen-bond donors (Lipinski definition) is 2. The predicted octanol–water partition coefficient (Wildman–Crippen LogP) is 2.15. The van der Waals surface area contributed by atoms with E-state index in [2.05, 4.69) is 5.32 Å². The molecule has 0 aliphatic carbocycles. The van der Waals surface area contributed by atoms with Gasteiger partial charge in [0.25, 0.3) is 0 Å². The molecule has 2 rings (SSSR count). The Morgan fingerprint density at radius 2 is 2.14 bits per heavy atom. The molecule has 1 aliphatic rings. The van der Waals surface area contributed by atoms with E-state index in [1.54, 1.807) is 0 Å². The molecule has 1 fully saturated rings. The summed E-state index contributed by atoms with van der Waals surface area (Å²) in [7, 11) is 0. The third kappa shape index (κ3) is 3.01. The Kier molecular flexibility index (Phi) is 3.94. The molecule has 8 heteroatoms. The van der Waals surface area contributed by atoms with Crippen LogP contribution in [-0.2, 0) is 15.7 Å². The fourth-order valence-electron chi connectivity index (χ4n) is 1.99. The van der Waals surface area contributed by atoms with Gasteiger partial charge < -0.3 is 15.8 Å². The summed E-state index contributed by atoms with van der Waals surface area (Å²) in [6.07, 6.45) is -4.62. The average Bonchev–Trinajstić information content (AvgIpc) is 2.72. The van der Waals surface area contributed by atoms with Gasteiger partial charge in [0.1, 0.15) is 5.82 Å². The summed E-state index contributed by atoms with van der Waals surface area (Å²) < 4.78 is 56.5. The van der Waals surface area contributed by atoms with E-state index < -0.39 is 40.6 Å². The number of nitrogens with two attached hydrogens (primary N) is 1. The molecular weight excluding hydrogens is 292 g/mol. The standard InChI is InChI=1S/C13H14F4N2O2/c1-12(6-21-5-10(12)18)11(20)19-9-4-7(13(15,16)17)2-3-8(9)14/h2-4,10H,5-6,18H2,1H3,(H,19,20). The number of benzene rings is 1. The van der Waals surface area contributed by atoms with E-state index in [4.69, 9.17) is 10.5 Å². The van der Waals surface area contributed by atoms with E-state index >= 15 is 0 Å². The van der Waals surface area contributed by atoms with Crippen LogP contribution in [0.1, 0.15) is 12.5 Å². The summed E-state index contributed by atoms with van der Waals surface area (Å²) in [6.45, 7) is 1.71. The first-order valence-electron chi connectivity index (χ1n) is 6.16. The highest BCUT2D eigenvalue weighted by Gasteiger charge is 2.44. The number of amides is 1. The number of alkyl halides is 3. The maximum atomic E-state index is 13.6. The van der Waals surface area contributed by atoms with Crippen molar-refractivity contribution >= 4 is 11.6 Å². The molecule has 0 bridgehead atoms. The molecule has 0 saturated carbocycles. The van der Waals surface area contributed by atoms with Crippen LogP contribution in [-0.4, -0.2) is 25.2 Å². The van der Waals surface area contributed by atoms with Crippen LogP contribution >= 0.6 is 0 Å². The van der Waals surface area contributed by atoms with E-state index in [0.717, 1.165) is 0 Å². The van der Waals surface area contributed by atoms with Gasteiger partial charge >= 0.3 is 6.18 Å². The molecular formula is C13H14F4N2O2. The fourth-order valence-corrected chi connectivity index (χ4v) is 1.99. The third-order valence-corrected chi connectivity index (χ3v) is 3.58. The average molecular weight is 306 g/mol. The van der Waals surface area contributed by atoms with Crippen LogP contribution < -0.4 is 11.1 Å². The van der Waals surface area contributed by atoms with E-state index in [-0.39, 0.29) is 13.2 Å². The zero-order valence-corrected chi connectivity index (χ0v) is 11.1. The molecule has 116 valence electrons. The number of anilines is 1. The lowest BCUT2D eigenvalue weighted by Gasteiger charge is -2.25. The second-order valence-corrected chi connectivity index (χ2v) is 5.19. The molecule has 1 aromatic carbocycles. The first-order chi connectivity index (χ1) is 9.64. The van der Waals surface area contributed by atoms with Crippen LogP contribution in [0.15, 0.2) is 18.2 Å². The van der Waals surface area contributed by atoms with Crippen LogP contribution in [0, 0.1) is 11.2 Å². The van der Waals surface area contributed by atoms with Gasteiger partial charge in [-0.15, -0.1) is 0 Å². The van der Waals surface area contributed by atoms with Gasteiger partial charge in [0, 0.05) is 6.04 Å². The van der Waals surface area contributed by atoms with Crippen molar-refractivity contribution in [1.82, 2.24) is 0 Å². The number of nitrogens with one attached hydrogen (secondary N) is 1. The van der Waals surface area contributed by atoms with Gasteiger partial charge in [0.15, 0.2) is 0 Å². The molecule has 1 amide bonds. The second kappa shape index (κ2) is 5.27. The Morgan fingerprint density at radius 3 is 2.67 bits per heavy atom. The summed E-state index contributed by atoms with van der Waals surface area (Å²) in [5.41, 5.74) is 3.06. The number of hydrogen-bond acceptors (Lipinski definition) is 3. The SMILES string of the molecule is CC1(C(=O)Nc2cc(C(F)(F)F)ccc2F)COCC1N. The summed E-state index contributed by atoms with van der Waals surface area (Å²) in [4.78, 5) is 12.1. The number of ether oxygens (including phenoxy) is 1. The lowest BCUT2D eigenvalue weighted by atomic mass is 9.85. The molecule has 2 atom stereocenters. The van der Waals surface area contributed by atoms with E-state index in [9.17, 15) is 22.4 Å². The third-order valence-electron chi connectivity index (χ3n) is 3.58. The molecule has 4 nitrogen and oxygen atoms in total. The number of carbonyl (C=O) groups is 1. The second-order valence-electron chi connectivity index (χ2n) is 5.19. The summed E-state index contributed by atoms with van der Waals surface area (Å²) >= 11 is 0. The fraction of sp³-hybridized carbons (Fsp3) is 0.462. The van der Waals surface area contributed by atoms with Crippen LogP contribution in [0.2, 0.25) is 0 Å². The first-order valence-corrected chi connectivity index (χ1v) is 6.16. The molecule has 1 saturated heterocycles. The van der Waals surface area contributed by atoms with Gasteiger partial charge in [-0.2, -0.15) is 13.2 Å². The van der Waals surface area contributed by atoms with Crippen LogP contribution in [0.25, 0.3) is 0 Å². The zero-order valence-electron chi connectivity index (χ0n) is 11.1. The van der Waals surface area contributed by atoms with Crippen LogP contribution in [0.5, 0.6) is 0 Å². The summed E-state index contributed by atoms with van der Waals surface area (Å²) in [5.74, 6) is -1.63. The van der Waals surface area contributed by atoms with E-state index in [1.165, 1.54) is 6.92 Å². The van der Waals surface area contributed by atoms with Crippen LogP contribution in [0.3, 0.4) is 0 Å². The minimum Gasteiger partial charge on any atom is -0.379 e. The molecule has 2 unspecified atom stereocenters. The van der Waals surface area contributed by atoms with Crippen molar-refractivity contribution in [2.24, 2.45) is 11.1 Å².